The van der Waals surface area contributed by atoms with Gasteiger partial charge in [0.25, 0.3) is 0 Å². The Hall–Kier alpha value is -0.580. The average molecular weight is 304 g/mol. The molecular formula is C11H13IO2. The summed E-state index contributed by atoms with van der Waals surface area (Å²) in [4.78, 5) is 11.3. The molecule has 0 aliphatic rings. The first-order valence-corrected chi connectivity index (χ1v) is 5.60. The number of hydrogen-bond donors (Lipinski definition) is 0. The topological polar surface area (TPSA) is 26.3 Å². The third-order valence-electron chi connectivity index (χ3n) is 1.66. The zero-order valence-electron chi connectivity index (χ0n) is 8.29. The highest BCUT2D eigenvalue weighted by Crippen LogP contribution is 2.12. The van der Waals surface area contributed by atoms with Crippen LogP contribution in [0.15, 0.2) is 24.3 Å². The first-order chi connectivity index (χ1) is 6.59. The molecule has 3 heteroatoms. The van der Waals surface area contributed by atoms with E-state index < -0.39 is 0 Å². The molecule has 0 aliphatic carbocycles. The van der Waals surface area contributed by atoms with Crippen LogP contribution in [-0.2, 0) is 16.0 Å². The quantitative estimate of drug-likeness (QED) is 0.634. The van der Waals surface area contributed by atoms with Crippen molar-refractivity contribution in [3.8, 4) is 0 Å². The molecule has 0 saturated carbocycles. The van der Waals surface area contributed by atoms with E-state index in [1.54, 1.807) is 0 Å². The molecule has 0 radical (unpaired) electrons. The molecule has 0 bridgehead atoms. The van der Waals surface area contributed by atoms with Gasteiger partial charge in [0.1, 0.15) is 0 Å². The second-order valence-electron chi connectivity index (χ2n) is 3.31. The van der Waals surface area contributed by atoms with Gasteiger partial charge in [0, 0.05) is 3.57 Å². The zero-order valence-corrected chi connectivity index (χ0v) is 10.4. The minimum Gasteiger partial charge on any atom is -0.463 e. The van der Waals surface area contributed by atoms with Gasteiger partial charge in [-0.2, -0.15) is 0 Å². The van der Waals surface area contributed by atoms with Gasteiger partial charge in [-0.3, -0.25) is 4.79 Å². The number of benzene rings is 1. The lowest BCUT2D eigenvalue weighted by Crippen LogP contribution is -2.14. The Morgan fingerprint density at radius 3 is 2.64 bits per heavy atom. The van der Waals surface area contributed by atoms with Crippen molar-refractivity contribution in [2.24, 2.45) is 0 Å². The molecule has 1 aromatic carbocycles. The van der Waals surface area contributed by atoms with Gasteiger partial charge < -0.3 is 4.74 Å². The molecule has 1 aromatic rings. The summed E-state index contributed by atoms with van der Waals surface area (Å²) in [7, 11) is 0. The standard InChI is InChI=1S/C11H13IO2/c1-8(2)14-11(13)7-9-5-3-4-6-10(9)12/h3-6,8H,7H2,1-2H3. The number of carbonyl (C=O) groups is 1. The third kappa shape index (κ3) is 3.65. The van der Waals surface area contributed by atoms with E-state index in [-0.39, 0.29) is 12.1 Å². The van der Waals surface area contributed by atoms with Crippen LogP contribution in [-0.4, -0.2) is 12.1 Å². The van der Waals surface area contributed by atoms with E-state index in [1.165, 1.54) is 0 Å². The van der Waals surface area contributed by atoms with Gasteiger partial charge in [0.05, 0.1) is 12.5 Å². The smallest absolute Gasteiger partial charge is 0.310 e. The monoisotopic (exact) mass is 304 g/mol. The molecule has 0 saturated heterocycles. The van der Waals surface area contributed by atoms with Crippen LogP contribution < -0.4 is 0 Å². The van der Waals surface area contributed by atoms with E-state index in [9.17, 15) is 4.79 Å². The molecule has 0 atom stereocenters. The zero-order chi connectivity index (χ0) is 10.6. The second-order valence-corrected chi connectivity index (χ2v) is 4.47. The molecule has 0 fully saturated rings. The normalized spacial score (nSPS) is 10.3. The minimum absolute atomic E-state index is 0.0381. The highest BCUT2D eigenvalue weighted by Gasteiger charge is 2.08. The largest absolute Gasteiger partial charge is 0.463 e. The number of hydrogen-bond acceptors (Lipinski definition) is 2. The van der Waals surface area contributed by atoms with Crippen molar-refractivity contribution in [1.29, 1.82) is 0 Å². The van der Waals surface area contributed by atoms with Crippen molar-refractivity contribution in [1.82, 2.24) is 0 Å². The van der Waals surface area contributed by atoms with E-state index in [2.05, 4.69) is 22.6 Å². The maximum absolute atomic E-state index is 11.3. The Balaban J connectivity index is 2.61. The van der Waals surface area contributed by atoms with Crippen LogP contribution in [0.25, 0.3) is 0 Å². The van der Waals surface area contributed by atoms with Crippen LogP contribution >= 0.6 is 22.6 Å². The highest BCUT2D eigenvalue weighted by atomic mass is 127. The summed E-state index contributed by atoms with van der Waals surface area (Å²) >= 11 is 2.22. The molecule has 0 aliphatic heterocycles. The number of rotatable bonds is 3. The Morgan fingerprint density at radius 1 is 1.43 bits per heavy atom. The average Bonchev–Trinajstić information content (AvgIpc) is 2.07. The number of ether oxygens (including phenoxy) is 1. The Kier molecular flexibility index (Phi) is 4.38. The molecular weight excluding hydrogens is 291 g/mol. The predicted molar refractivity (Wildman–Crippen MR) is 64.1 cm³/mol. The summed E-state index contributed by atoms with van der Waals surface area (Å²) in [5, 5.41) is 0. The Morgan fingerprint density at radius 2 is 2.07 bits per heavy atom. The van der Waals surface area contributed by atoms with Gasteiger partial charge in [-0.25, -0.2) is 0 Å². The van der Waals surface area contributed by atoms with Crippen molar-refractivity contribution < 1.29 is 9.53 Å². The summed E-state index contributed by atoms with van der Waals surface area (Å²) in [5.41, 5.74) is 1.03. The summed E-state index contributed by atoms with van der Waals surface area (Å²) < 4.78 is 6.17. The van der Waals surface area contributed by atoms with Crippen LogP contribution in [0.3, 0.4) is 0 Å². The maximum Gasteiger partial charge on any atom is 0.310 e. The first-order valence-electron chi connectivity index (χ1n) is 4.52. The molecule has 0 amide bonds. The summed E-state index contributed by atoms with van der Waals surface area (Å²) in [6.45, 7) is 3.71. The summed E-state index contributed by atoms with van der Waals surface area (Å²) in [6.07, 6.45) is 0.320. The third-order valence-corrected chi connectivity index (χ3v) is 2.71. The Bertz CT molecular complexity index is 321. The van der Waals surface area contributed by atoms with Crippen LogP contribution in [0.1, 0.15) is 19.4 Å². The van der Waals surface area contributed by atoms with E-state index in [1.807, 2.05) is 38.1 Å². The van der Waals surface area contributed by atoms with Gasteiger partial charge in [0.15, 0.2) is 0 Å². The minimum atomic E-state index is -0.163. The molecule has 0 spiro atoms. The van der Waals surface area contributed by atoms with Crippen molar-refractivity contribution in [3.05, 3.63) is 33.4 Å². The molecule has 0 unspecified atom stereocenters. The van der Waals surface area contributed by atoms with Crippen molar-refractivity contribution in [2.75, 3.05) is 0 Å². The Labute approximate surface area is 97.8 Å². The van der Waals surface area contributed by atoms with E-state index in [0.29, 0.717) is 6.42 Å². The lowest BCUT2D eigenvalue weighted by atomic mass is 10.1. The molecule has 2 nitrogen and oxygen atoms in total. The molecule has 1 rings (SSSR count). The fraction of sp³-hybridized carbons (Fsp3) is 0.364. The molecule has 0 heterocycles. The van der Waals surface area contributed by atoms with E-state index in [4.69, 9.17) is 4.74 Å². The fourth-order valence-corrected chi connectivity index (χ4v) is 1.68. The van der Waals surface area contributed by atoms with Gasteiger partial charge in [-0.05, 0) is 48.1 Å². The van der Waals surface area contributed by atoms with Crippen LogP contribution in [0.4, 0.5) is 0 Å². The molecule has 0 N–H and O–H groups in total. The maximum atomic E-state index is 11.3. The van der Waals surface area contributed by atoms with Gasteiger partial charge in [-0.1, -0.05) is 18.2 Å². The molecule has 0 aromatic heterocycles. The van der Waals surface area contributed by atoms with Gasteiger partial charge >= 0.3 is 5.97 Å². The lowest BCUT2D eigenvalue weighted by Gasteiger charge is -2.08. The summed E-state index contributed by atoms with van der Waals surface area (Å²) in [6, 6.07) is 7.82. The number of carbonyl (C=O) groups excluding carboxylic acids is 1. The van der Waals surface area contributed by atoms with Crippen molar-refractivity contribution in [2.45, 2.75) is 26.4 Å². The van der Waals surface area contributed by atoms with E-state index >= 15 is 0 Å². The van der Waals surface area contributed by atoms with Crippen molar-refractivity contribution in [3.63, 3.8) is 0 Å². The van der Waals surface area contributed by atoms with Crippen LogP contribution in [0, 0.1) is 3.57 Å². The summed E-state index contributed by atoms with van der Waals surface area (Å²) in [5.74, 6) is -0.163. The first kappa shape index (κ1) is 11.5. The van der Waals surface area contributed by atoms with Gasteiger partial charge in [0.2, 0.25) is 0 Å². The van der Waals surface area contributed by atoms with E-state index in [0.717, 1.165) is 9.13 Å². The number of halogens is 1. The number of esters is 1. The molecule has 76 valence electrons. The molecule has 14 heavy (non-hydrogen) atoms. The fourth-order valence-electron chi connectivity index (χ4n) is 1.10. The van der Waals surface area contributed by atoms with Crippen molar-refractivity contribution >= 4 is 28.6 Å². The second kappa shape index (κ2) is 5.34. The van der Waals surface area contributed by atoms with Crippen LogP contribution in [0.5, 0.6) is 0 Å². The highest BCUT2D eigenvalue weighted by molar-refractivity contribution is 14.1. The SMILES string of the molecule is CC(C)OC(=O)Cc1ccccc1I. The van der Waals surface area contributed by atoms with Gasteiger partial charge in [-0.15, -0.1) is 0 Å². The lowest BCUT2D eigenvalue weighted by molar-refractivity contribution is -0.146. The van der Waals surface area contributed by atoms with Crippen LogP contribution in [0.2, 0.25) is 0 Å². The predicted octanol–water partition coefficient (Wildman–Crippen LogP) is 2.79.